The summed E-state index contributed by atoms with van der Waals surface area (Å²) in [7, 11) is 0. The van der Waals surface area contributed by atoms with Crippen LogP contribution in [-0.2, 0) is 6.42 Å². The van der Waals surface area contributed by atoms with Crippen molar-refractivity contribution in [3.05, 3.63) is 52.4 Å². The Labute approximate surface area is 145 Å². The molecule has 3 rings (SSSR count). The lowest BCUT2D eigenvalue weighted by Crippen LogP contribution is -2.24. The molecule has 2 aromatic rings. The van der Waals surface area contributed by atoms with Crippen molar-refractivity contribution < 1.29 is 9.21 Å². The first-order chi connectivity index (χ1) is 11.2. The maximum atomic E-state index is 11.8. The summed E-state index contributed by atoms with van der Waals surface area (Å²) in [5.74, 6) is 0.173. The zero-order chi connectivity index (χ0) is 16.1. The molecule has 0 spiro atoms. The van der Waals surface area contributed by atoms with Gasteiger partial charge >= 0.3 is 0 Å². The van der Waals surface area contributed by atoms with Gasteiger partial charge in [-0.1, -0.05) is 12.1 Å². The van der Waals surface area contributed by atoms with Crippen molar-refractivity contribution in [2.75, 3.05) is 24.5 Å². The molecule has 5 heteroatoms. The summed E-state index contributed by atoms with van der Waals surface area (Å²) in [5.41, 5.74) is 2.63. The van der Waals surface area contributed by atoms with E-state index in [0.717, 1.165) is 12.8 Å². The van der Waals surface area contributed by atoms with Crippen LogP contribution in [0.25, 0.3) is 0 Å². The molecule has 2 heterocycles. The van der Waals surface area contributed by atoms with E-state index in [0.29, 0.717) is 17.0 Å². The average Bonchev–Trinajstić information content (AvgIpc) is 3.23. The van der Waals surface area contributed by atoms with Crippen LogP contribution in [0.4, 0.5) is 5.69 Å². The van der Waals surface area contributed by atoms with E-state index >= 15 is 0 Å². The lowest BCUT2D eigenvalue weighted by molar-refractivity contribution is 0.0924. The summed E-state index contributed by atoms with van der Waals surface area (Å²) < 4.78 is 5.79. The molecule has 1 aromatic heterocycles. The van der Waals surface area contributed by atoms with Gasteiger partial charge in [0.1, 0.15) is 0 Å². The normalized spacial score (nSPS) is 14.2. The molecular formula is C18H21BrN2O2. The van der Waals surface area contributed by atoms with Gasteiger partial charge in [0.25, 0.3) is 5.91 Å². The third-order valence-electron chi connectivity index (χ3n) is 4.13. The van der Waals surface area contributed by atoms with E-state index in [1.165, 1.54) is 37.2 Å². The van der Waals surface area contributed by atoms with Crippen LogP contribution in [0.3, 0.4) is 0 Å². The van der Waals surface area contributed by atoms with Gasteiger partial charge in [0.2, 0.25) is 0 Å². The van der Waals surface area contributed by atoms with E-state index in [1.807, 2.05) is 0 Å². The molecule has 4 nitrogen and oxygen atoms in total. The van der Waals surface area contributed by atoms with E-state index in [4.69, 9.17) is 4.42 Å². The number of halogens is 1. The third-order valence-corrected chi connectivity index (χ3v) is 4.56. The predicted molar refractivity (Wildman–Crippen MR) is 95.0 cm³/mol. The number of furan rings is 1. The first kappa shape index (κ1) is 16.1. The molecule has 0 atom stereocenters. The maximum Gasteiger partial charge on any atom is 0.287 e. The number of carbonyl (C=O) groups is 1. The first-order valence-corrected chi connectivity index (χ1v) is 8.89. The van der Waals surface area contributed by atoms with Crippen molar-refractivity contribution in [2.45, 2.75) is 25.7 Å². The van der Waals surface area contributed by atoms with Crippen molar-refractivity contribution >= 4 is 27.5 Å². The van der Waals surface area contributed by atoms with Crippen molar-refractivity contribution in [3.8, 4) is 0 Å². The molecule has 1 amide bonds. The highest BCUT2D eigenvalue weighted by molar-refractivity contribution is 9.10. The van der Waals surface area contributed by atoms with Crippen LogP contribution < -0.4 is 10.2 Å². The number of hydrogen-bond acceptors (Lipinski definition) is 3. The standard InChI is InChI=1S/C18H21BrN2O2/c19-17-10-9-16(23-17)18(22)20-11-3-4-14-5-7-15(8-6-14)21-12-1-2-13-21/h5-10H,1-4,11-13H2,(H,20,22). The second-order valence-corrected chi connectivity index (χ2v) is 6.61. The highest BCUT2D eigenvalue weighted by atomic mass is 79.9. The van der Waals surface area contributed by atoms with Gasteiger partial charge in [0.05, 0.1) is 0 Å². The molecular weight excluding hydrogens is 356 g/mol. The minimum Gasteiger partial charge on any atom is -0.444 e. The van der Waals surface area contributed by atoms with Gasteiger partial charge in [-0.05, 0) is 71.4 Å². The van der Waals surface area contributed by atoms with Crippen molar-refractivity contribution in [1.82, 2.24) is 5.32 Å². The Hall–Kier alpha value is -1.75. The molecule has 1 aliphatic rings. The maximum absolute atomic E-state index is 11.8. The second-order valence-electron chi connectivity index (χ2n) is 5.82. The van der Waals surface area contributed by atoms with Gasteiger partial charge in [-0.3, -0.25) is 4.79 Å². The predicted octanol–water partition coefficient (Wildman–Crippen LogP) is 4.00. The van der Waals surface area contributed by atoms with Crippen LogP contribution in [0.5, 0.6) is 0 Å². The number of amides is 1. The first-order valence-electron chi connectivity index (χ1n) is 8.10. The fourth-order valence-corrected chi connectivity index (χ4v) is 3.17. The zero-order valence-corrected chi connectivity index (χ0v) is 14.6. The largest absolute Gasteiger partial charge is 0.444 e. The number of hydrogen-bond donors (Lipinski definition) is 1. The molecule has 0 unspecified atom stereocenters. The fraction of sp³-hybridized carbons (Fsp3) is 0.389. The number of nitrogens with zero attached hydrogens (tertiary/aromatic N) is 1. The molecule has 23 heavy (non-hydrogen) atoms. The Morgan fingerprint density at radius 2 is 1.87 bits per heavy atom. The van der Waals surface area contributed by atoms with E-state index in [2.05, 4.69) is 50.4 Å². The van der Waals surface area contributed by atoms with Crippen LogP contribution in [0.1, 0.15) is 35.4 Å². The molecule has 0 radical (unpaired) electrons. The Morgan fingerprint density at radius 3 is 2.52 bits per heavy atom. The molecule has 1 N–H and O–H groups in total. The number of rotatable bonds is 6. The van der Waals surface area contributed by atoms with Gasteiger partial charge in [0, 0.05) is 25.3 Å². The number of anilines is 1. The van der Waals surface area contributed by atoms with E-state index in [1.54, 1.807) is 12.1 Å². The van der Waals surface area contributed by atoms with E-state index in [-0.39, 0.29) is 5.91 Å². The van der Waals surface area contributed by atoms with Crippen LogP contribution in [0.15, 0.2) is 45.5 Å². The minimum absolute atomic E-state index is 0.167. The van der Waals surface area contributed by atoms with Crippen LogP contribution in [0.2, 0.25) is 0 Å². The Balaban J connectivity index is 1.41. The monoisotopic (exact) mass is 376 g/mol. The summed E-state index contributed by atoms with van der Waals surface area (Å²) in [6.07, 6.45) is 4.47. The Bertz CT molecular complexity index is 645. The number of aryl methyl sites for hydroxylation is 1. The summed E-state index contributed by atoms with van der Waals surface area (Å²) in [5, 5.41) is 2.88. The third kappa shape index (κ3) is 4.38. The van der Waals surface area contributed by atoms with Gasteiger partial charge in [0.15, 0.2) is 10.4 Å². The average molecular weight is 377 g/mol. The van der Waals surface area contributed by atoms with Crippen molar-refractivity contribution in [3.63, 3.8) is 0 Å². The topological polar surface area (TPSA) is 45.5 Å². The Kier molecular flexibility index (Phi) is 5.39. The lowest BCUT2D eigenvalue weighted by Gasteiger charge is -2.17. The summed E-state index contributed by atoms with van der Waals surface area (Å²) >= 11 is 3.19. The number of carbonyl (C=O) groups excluding carboxylic acids is 1. The molecule has 1 saturated heterocycles. The SMILES string of the molecule is O=C(NCCCc1ccc(N2CCCC2)cc1)c1ccc(Br)o1. The van der Waals surface area contributed by atoms with Crippen LogP contribution in [-0.4, -0.2) is 25.5 Å². The molecule has 0 aliphatic carbocycles. The molecule has 0 saturated carbocycles. The van der Waals surface area contributed by atoms with E-state index < -0.39 is 0 Å². The van der Waals surface area contributed by atoms with Gasteiger partial charge in [-0.15, -0.1) is 0 Å². The van der Waals surface area contributed by atoms with Gasteiger partial charge in [-0.2, -0.15) is 0 Å². The molecule has 1 fully saturated rings. The highest BCUT2D eigenvalue weighted by Crippen LogP contribution is 2.20. The second kappa shape index (κ2) is 7.68. The molecule has 1 aliphatic heterocycles. The molecule has 0 bridgehead atoms. The quantitative estimate of drug-likeness (QED) is 0.774. The van der Waals surface area contributed by atoms with Gasteiger partial charge in [-0.25, -0.2) is 0 Å². The Morgan fingerprint density at radius 1 is 1.13 bits per heavy atom. The van der Waals surface area contributed by atoms with Crippen LogP contribution in [0, 0.1) is 0 Å². The molecule has 122 valence electrons. The molecule has 1 aromatic carbocycles. The van der Waals surface area contributed by atoms with Crippen molar-refractivity contribution in [2.24, 2.45) is 0 Å². The summed E-state index contributed by atoms with van der Waals surface area (Å²) in [6.45, 7) is 2.99. The lowest BCUT2D eigenvalue weighted by atomic mass is 10.1. The summed E-state index contributed by atoms with van der Waals surface area (Å²) in [6, 6.07) is 12.2. The minimum atomic E-state index is -0.167. The smallest absolute Gasteiger partial charge is 0.287 e. The number of benzene rings is 1. The number of nitrogens with one attached hydrogen (secondary N) is 1. The van der Waals surface area contributed by atoms with E-state index in [9.17, 15) is 4.79 Å². The zero-order valence-electron chi connectivity index (χ0n) is 13.1. The summed E-state index contributed by atoms with van der Waals surface area (Å²) in [4.78, 5) is 14.3. The fourth-order valence-electron chi connectivity index (χ4n) is 2.87. The highest BCUT2D eigenvalue weighted by Gasteiger charge is 2.12. The van der Waals surface area contributed by atoms with Gasteiger partial charge < -0.3 is 14.6 Å². The van der Waals surface area contributed by atoms with Crippen LogP contribution >= 0.6 is 15.9 Å². The van der Waals surface area contributed by atoms with Crippen molar-refractivity contribution in [1.29, 1.82) is 0 Å².